The number of aryl methyl sites for hydroxylation is 1. The average molecular weight is 623 g/mol. The number of hydrogen-bond donors (Lipinski definition) is 1. The molecule has 4 heterocycles. The highest BCUT2D eigenvalue weighted by Crippen LogP contribution is 2.35. The minimum atomic E-state index is -1.46. The molecule has 1 N–H and O–H groups in total. The van der Waals surface area contributed by atoms with Crippen LogP contribution in [0.4, 0.5) is 0 Å². The van der Waals surface area contributed by atoms with E-state index >= 15 is 0 Å². The van der Waals surface area contributed by atoms with Crippen LogP contribution in [0.25, 0.3) is 15.2 Å². The minimum absolute atomic E-state index is 0.0478. The van der Waals surface area contributed by atoms with Crippen LogP contribution < -0.4 is 21.3 Å². The quantitative estimate of drug-likeness (QED) is 0.285. The summed E-state index contributed by atoms with van der Waals surface area (Å²) in [5.74, 6) is 0.264. The summed E-state index contributed by atoms with van der Waals surface area (Å²) < 4.78 is 20.6. The highest BCUT2D eigenvalue weighted by molar-refractivity contribution is 7.21. The SMILES string of the molecule is COc1ccccc1C(Cn1c(=O)n(C(C)(C)C(=O)NC2CCC2)c(=O)c2c(C)c(-n3nccn3)sc21)OC1CCOCC1. The zero-order chi connectivity index (χ0) is 31.0. The summed E-state index contributed by atoms with van der Waals surface area (Å²) >= 11 is 1.26. The molecule has 0 spiro atoms. The van der Waals surface area contributed by atoms with E-state index in [1.54, 1.807) is 37.9 Å². The second-order valence-corrected chi connectivity index (χ2v) is 12.9. The molecule has 4 aromatic rings. The van der Waals surface area contributed by atoms with E-state index in [1.165, 1.54) is 16.1 Å². The summed E-state index contributed by atoms with van der Waals surface area (Å²) in [5.41, 5.74) is -1.17. The summed E-state index contributed by atoms with van der Waals surface area (Å²) in [7, 11) is 1.60. The highest BCUT2D eigenvalue weighted by atomic mass is 32.1. The smallest absolute Gasteiger partial charge is 0.333 e. The molecule has 2 fully saturated rings. The maximum Gasteiger partial charge on any atom is 0.333 e. The monoisotopic (exact) mass is 622 g/mol. The number of thiophene rings is 1. The first-order chi connectivity index (χ1) is 21.2. The highest BCUT2D eigenvalue weighted by Gasteiger charge is 2.38. The first-order valence-corrected chi connectivity index (χ1v) is 15.9. The second-order valence-electron chi connectivity index (χ2n) is 11.9. The van der Waals surface area contributed by atoms with Gasteiger partial charge in [-0.3, -0.25) is 14.2 Å². The first-order valence-electron chi connectivity index (χ1n) is 15.0. The van der Waals surface area contributed by atoms with E-state index in [0.717, 1.165) is 42.2 Å². The number of aromatic nitrogens is 5. The molecule has 1 amide bonds. The standard InChI is InChI=1S/C31H38N6O6S/c1-19-25-26(38)36(31(2,3)29(39)34-20-8-7-9-20)30(40)35(28(25)44-27(19)37-32-14-15-33-37)18-24(43-21-12-16-42-17-13-21)22-10-5-6-11-23(22)41-4/h5-6,10-11,14-15,20-21,24H,7-9,12-13,16-18H2,1-4H3,(H,34,39). The molecule has 2 aliphatic rings. The summed E-state index contributed by atoms with van der Waals surface area (Å²) in [6.45, 7) is 6.32. The number of para-hydroxylation sites is 1. The van der Waals surface area contributed by atoms with Crippen molar-refractivity contribution in [2.75, 3.05) is 20.3 Å². The fraction of sp³-hybridized carbons (Fsp3) is 0.516. The van der Waals surface area contributed by atoms with E-state index in [-0.39, 0.29) is 24.6 Å². The van der Waals surface area contributed by atoms with Gasteiger partial charge in [-0.2, -0.15) is 10.2 Å². The molecule has 6 rings (SSSR count). The van der Waals surface area contributed by atoms with Gasteiger partial charge in [0.25, 0.3) is 5.56 Å². The van der Waals surface area contributed by atoms with Crippen LogP contribution in [0.5, 0.6) is 5.75 Å². The van der Waals surface area contributed by atoms with Crippen LogP contribution in [0, 0.1) is 6.92 Å². The molecular weight excluding hydrogens is 584 g/mol. The number of hydrogen-bond acceptors (Lipinski definition) is 9. The molecule has 12 nitrogen and oxygen atoms in total. The Labute approximate surface area is 258 Å². The molecule has 1 aliphatic heterocycles. The lowest BCUT2D eigenvalue weighted by Gasteiger charge is -2.33. The maximum absolute atomic E-state index is 14.6. The maximum atomic E-state index is 14.6. The number of methoxy groups -OCH3 is 1. The summed E-state index contributed by atoms with van der Waals surface area (Å²) in [5, 5.41) is 12.6. The lowest BCUT2D eigenvalue weighted by molar-refractivity contribution is -0.130. The molecule has 1 aliphatic carbocycles. The third-order valence-electron chi connectivity index (χ3n) is 8.70. The van der Waals surface area contributed by atoms with Crippen LogP contribution in [-0.2, 0) is 26.4 Å². The molecule has 1 aromatic carbocycles. The van der Waals surface area contributed by atoms with Gasteiger partial charge in [0.1, 0.15) is 27.2 Å². The van der Waals surface area contributed by atoms with Crippen molar-refractivity contribution < 1.29 is 19.0 Å². The number of rotatable bonds is 10. The van der Waals surface area contributed by atoms with E-state index < -0.39 is 22.9 Å². The molecule has 3 aromatic heterocycles. The van der Waals surface area contributed by atoms with E-state index in [2.05, 4.69) is 15.5 Å². The molecule has 1 atom stereocenters. The van der Waals surface area contributed by atoms with Gasteiger partial charge in [-0.25, -0.2) is 9.36 Å². The van der Waals surface area contributed by atoms with Gasteiger partial charge in [-0.15, -0.1) is 4.80 Å². The Morgan fingerprint density at radius 1 is 1.14 bits per heavy atom. The molecule has 1 unspecified atom stereocenters. The Bertz CT molecular complexity index is 1760. The Morgan fingerprint density at radius 2 is 1.84 bits per heavy atom. The minimum Gasteiger partial charge on any atom is -0.496 e. The molecule has 44 heavy (non-hydrogen) atoms. The van der Waals surface area contributed by atoms with Crippen molar-refractivity contribution in [1.29, 1.82) is 0 Å². The van der Waals surface area contributed by atoms with Gasteiger partial charge in [-0.1, -0.05) is 29.5 Å². The number of ether oxygens (including phenoxy) is 3. The Hall–Kier alpha value is -3.81. The predicted molar refractivity (Wildman–Crippen MR) is 166 cm³/mol. The number of nitrogens with one attached hydrogen (secondary N) is 1. The van der Waals surface area contributed by atoms with Gasteiger partial charge in [0.2, 0.25) is 5.91 Å². The Kier molecular flexibility index (Phi) is 8.44. The van der Waals surface area contributed by atoms with Crippen LogP contribution in [0.15, 0.2) is 46.2 Å². The van der Waals surface area contributed by atoms with Gasteiger partial charge in [0.05, 0.1) is 37.5 Å². The fourth-order valence-corrected chi connectivity index (χ4v) is 7.09. The van der Waals surface area contributed by atoms with E-state index in [9.17, 15) is 14.4 Å². The van der Waals surface area contributed by atoms with Crippen LogP contribution >= 0.6 is 11.3 Å². The number of fused-ring (bicyclic) bond motifs is 1. The second kappa shape index (κ2) is 12.3. The first kappa shape index (κ1) is 30.2. The summed E-state index contributed by atoms with van der Waals surface area (Å²) in [6, 6.07) is 7.62. The molecule has 234 valence electrons. The number of carbonyl (C=O) groups excluding carboxylic acids is 1. The van der Waals surface area contributed by atoms with Gasteiger partial charge in [0.15, 0.2) is 0 Å². The van der Waals surface area contributed by atoms with Gasteiger partial charge in [0, 0.05) is 30.4 Å². The molecular formula is C31H38N6O6S. The van der Waals surface area contributed by atoms with Crippen molar-refractivity contribution >= 4 is 27.5 Å². The van der Waals surface area contributed by atoms with Crippen molar-refractivity contribution in [1.82, 2.24) is 29.4 Å². The van der Waals surface area contributed by atoms with Crippen molar-refractivity contribution in [2.24, 2.45) is 0 Å². The zero-order valence-electron chi connectivity index (χ0n) is 25.4. The van der Waals surface area contributed by atoms with Crippen molar-refractivity contribution in [2.45, 2.75) is 83.2 Å². The third-order valence-corrected chi connectivity index (χ3v) is 9.98. The molecule has 0 bridgehead atoms. The van der Waals surface area contributed by atoms with Crippen LogP contribution in [-0.4, -0.2) is 62.5 Å². The normalized spacial score (nSPS) is 17.0. The summed E-state index contributed by atoms with van der Waals surface area (Å²) in [6.07, 6.45) is 6.68. The number of carbonyl (C=O) groups is 1. The third kappa shape index (κ3) is 5.48. The topological polar surface area (TPSA) is 132 Å². The van der Waals surface area contributed by atoms with Gasteiger partial charge in [-0.05, 0) is 58.9 Å². The Balaban J connectivity index is 1.54. The van der Waals surface area contributed by atoms with Crippen molar-refractivity contribution in [3.63, 3.8) is 0 Å². The summed E-state index contributed by atoms with van der Waals surface area (Å²) in [4.78, 5) is 44.3. The van der Waals surface area contributed by atoms with Crippen LogP contribution in [0.2, 0.25) is 0 Å². The fourth-order valence-electron chi connectivity index (χ4n) is 5.87. The molecule has 1 saturated heterocycles. The molecule has 0 radical (unpaired) electrons. The van der Waals surface area contributed by atoms with Crippen molar-refractivity contribution in [3.05, 3.63) is 68.6 Å². The van der Waals surface area contributed by atoms with Crippen molar-refractivity contribution in [3.8, 4) is 10.8 Å². The molecule has 1 saturated carbocycles. The molecule has 13 heteroatoms. The number of nitrogens with zero attached hydrogens (tertiary/aromatic N) is 5. The largest absolute Gasteiger partial charge is 0.496 e. The van der Waals surface area contributed by atoms with E-state index in [1.807, 2.05) is 31.2 Å². The average Bonchev–Trinajstić information content (AvgIpc) is 3.65. The van der Waals surface area contributed by atoms with Crippen LogP contribution in [0.3, 0.4) is 0 Å². The Morgan fingerprint density at radius 3 is 2.50 bits per heavy atom. The number of amides is 1. The lowest BCUT2D eigenvalue weighted by atomic mass is 9.91. The van der Waals surface area contributed by atoms with E-state index in [0.29, 0.717) is 39.7 Å². The predicted octanol–water partition coefficient (Wildman–Crippen LogP) is 3.46. The number of benzene rings is 1. The lowest BCUT2D eigenvalue weighted by Crippen LogP contribution is -2.57. The van der Waals surface area contributed by atoms with Gasteiger partial charge >= 0.3 is 5.69 Å². The van der Waals surface area contributed by atoms with E-state index in [4.69, 9.17) is 14.2 Å². The van der Waals surface area contributed by atoms with Crippen LogP contribution in [0.1, 0.15) is 63.2 Å². The zero-order valence-corrected chi connectivity index (χ0v) is 26.3. The van der Waals surface area contributed by atoms with Gasteiger partial charge < -0.3 is 19.5 Å².